The molecule has 3 N–H and O–H groups in total. The van der Waals surface area contributed by atoms with Gasteiger partial charge in [0, 0.05) is 5.69 Å². The van der Waals surface area contributed by atoms with Crippen LogP contribution in [0.15, 0.2) is 45.9 Å². The molecule has 1 heterocycles. The third kappa shape index (κ3) is 4.57. The maximum absolute atomic E-state index is 11.7. The molecule has 0 saturated carbocycles. The minimum Gasteiger partial charge on any atom is -0.497 e. The minimum atomic E-state index is -4.06. The predicted octanol–water partition coefficient (Wildman–Crippen LogP) is 0.731. The molecular formula is C14H14N2O7S. The van der Waals surface area contributed by atoms with Crippen molar-refractivity contribution in [2.24, 2.45) is 5.14 Å². The molecule has 0 aliphatic carbocycles. The molecule has 2 rings (SSSR count). The van der Waals surface area contributed by atoms with Crippen molar-refractivity contribution in [3.8, 4) is 5.75 Å². The number of hydrogen-bond acceptors (Lipinski definition) is 7. The van der Waals surface area contributed by atoms with Crippen molar-refractivity contribution in [2.75, 3.05) is 19.0 Å². The van der Waals surface area contributed by atoms with Crippen LogP contribution in [0.4, 0.5) is 5.69 Å². The number of carbonyl (C=O) groups is 2. The number of benzene rings is 1. The molecule has 0 spiro atoms. The van der Waals surface area contributed by atoms with Gasteiger partial charge in [-0.25, -0.2) is 18.4 Å². The highest BCUT2D eigenvalue weighted by atomic mass is 32.2. The van der Waals surface area contributed by atoms with Crippen molar-refractivity contribution >= 4 is 27.6 Å². The number of primary sulfonamides is 1. The van der Waals surface area contributed by atoms with Crippen molar-refractivity contribution in [3.63, 3.8) is 0 Å². The molecule has 0 atom stereocenters. The quantitative estimate of drug-likeness (QED) is 0.729. The summed E-state index contributed by atoms with van der Waals surface area (Å²) in [6.45, 7) is -0.573. The molecule has 10 heteroatoms. The lowest BCUT2D eigenvalue weighted by atomic mass is 10.3. The molecule has 0 aliphatic rings. The first-order chi connectivity index (χ1) is 11.3. The number of esters is 1. The third-order valence-electron chi connectivity index (χ3n) is 2.77. The lowest BCUT2D eigenvalue weighted by Crippen LogP contribution is -2.20. The number of hydrogen-bond donors (Lipinski definition) is 2. The molecule has 0 saturated heterocycles. The van der Waals surface area contributed by atoms with Crippen LogP contribution in [-0.2, 0) is 19.6 Å². The Bertz CT molecular complexity index is 840. The van der Waals surface area contributed by atoms with Crippen molar-refractivity contribution < 1.29 is 31.9 Å². The highest BCUT2D eigenvalue weighted by molar-refractivity contribution is 7.89. The van der Waals surface area contributed by atoms with E-state index >= 15 is 0 Å². The molecule has 1 amide bonds. The first-order valence-corrected chi connectivity index (χ1v) is 8.08. The number of methoxy groups -OCH3 is 1. The van der Waals surface area contributed by atoms with E-state index in [9.17, 15) is 18.0 Å². The van der Waals surface area contributed by atoms with Crippen LogP contribution in [0.3, 0.4) is 0 Å². The molecule has 1 aromatic carbocycles. The van der Waals surface area contributed by atoms with Gasteiger partial charge in [0.15, 0.2) is 6.61 Å². The van der Waals surface area contributed by atoms with Crippen molar-refractivity contribution in [2.45, 2.75) is 5.09 Å². The Hall–Kier alpha value is -2.85. The van der Waals surface area contributed by atoms with Gasteiger partial charge >= 0.3 is 5.97 Å². The first kappa shape index (κ1) is 17.5. The van der Waals surface area contributed by atoms with Gasteiger partial charge in [0.1, 0.15) is 5.75 Å². The summed E-state index contributed by atoms with van der Waals surface area (Å²) in [5.41, 5.74) is 0.492. The second kappa shape index (κ2) is 7.15. The lowest BCUT2D eigenvalue weighted by molar-refractivity contribution is -0.119. The second-order valence-electron chi connectivity index (χ2n) is 4.52. The highest BCUT2D eigenvalue weighted by Crippen LogP contribution is 2.15. The lowest BCUT2D eigenvalue weighted by Gasteiger charge is -2.06. The van der Waals surface area contributed by atoms with Gasteiger partial charge in [-0.3, -0.25) is 4.79 Å². The average molecular weight is 354 g/mol. The summed E-state index contributed by atoms with van der Waals surface area (Å²) in [6.07, 6.45) is 0. The van der Waals surface area contributed by atoms with Gasteiger partial charge in [-0.15, -0.1) is 0 Å². The Morgan fingerprint density at radius 3 is 2.38 bits per heavy atom. The van der Waals surface area contributed by atoms with Gasteiger partial charge in [-0.05, 0) is 36.4 Å². The summed E-state index contributed by atoms with van der Waals surface area (Å²) in [5, 5.41) is 6.79. The number of nitrogens with two attached hydrogens (primary N) is 1. The number of rotatable bonds is 6. The summed E-state index contributed by atoms with van der Waals surface area (Å²) in [7, 11) is -2.54. The van der Waals surface area contributed by atoms with Gasteiger partial charge in [-0.2, -0.15) is 0 Å². The third-order valence-corrected chi connectivity index (χ3v) is 3.55. The molecule has 0 fully saturated rings. The molecule has 128 valence electrons. The summed E-state index contributed by atoms with van der Waals surface area (Å²) in [4.78, 5) is 23.4. The van der Waals surface area contributed by atoms with E-state index in [1.54, 1.807) is 24.3 Å². The summed E-state index contributed by atoms with van der Waals surface area (Å²) < 4.78 is 36.5. The van der Waals surface area contributed by atoms with Crippen LogP contribution < -0.4 is 15.2 Å². The van der Waals surface area contributed by atoms with E-state index in [1.807, 2.05) is 0 Å². The molecule has 2 aromatic rings. The fourth-order valence-electron chi connectivity index (χ4n) is 1.66. The van der Waals surface area contributed by atoms with E-state index < -0.39 is 33.6 Å². The Balaban J connectivity index is 1.88. The second-order valence-corrected chi connectivity index (χ2v) is 6.01. The molecule has 0 bridgehead atoms. The normalized spacial score (nSPS) is 10.9. The fourth-order valence-corrected chi connectivity index (χ4v) is 2.12. The molecule has 9 nitrogen and oxygen atoms in total. The standard InChI is InChI=1S/C14H14N2O7S/c1-21-10-4-2-9(3-5-10)16-12(17)8-22-14(18)11-6-7-13(23-11)24(15,19)20/h2-7H,8H2,1H3,(H,16,17)(H2,15,19,20). The van der Waals surface area contributed by atoms with Crippen molar-refractivity contribution in [1.29, 1.82) is 0 Å². The Morgan fingerprint density at radius 2 is 1.83 bits per heavy atom. The SMILES string of the molecule is COc1ccc(NC(=O)COC(=O)c2ccc(S(N)(=O)=O)o2)cc1. The number of nitrogens with one attached hydrogen (secondary N) is 1. The Morgan fingerprint density at radius 1 is 1.17 bits per heavy atom. The maximum atomic E-state index is 11.7. The zero-order chi connectivity index (χ0) is 17.7. The molecule has 0 aliphatic heterocycles. The smallest absolute Gasteiger partial charge is 0.374 e. The van der Waals surface area contributed by atoms with E-state index in [2.05, 4.69) is 5.32 Å². The number of ether oxygens (including phenoxy) is 2. The predicted molar refractivity (Wildman–Crippen MR) is 82.0 cm³/mol. The molecule has 24 heavy (non-hydrogen) atoms. The van der Waals surface area contributed by atoms with Gasteiger partial charge in [0.25, 0.3) is 15.9 Å². The van der Waals surface area contributed by atoms with Crippen LogP contribution in [0.25, 0.3) is 0 Å². The van der Waals surface area contributed by atoms with Gasteiger partial charge in [0.2, 0.25) is 10.9 Å². The summed E-state index contributed by atoms with van der Waals surface area (Å²) in [5.74, 6) is -1.32. The van der Waals surface area contributed by atoms with Gasteiger partial charge in [0.05, 0.1) is 7.11 Å². The van der Waals surface area contributed by atoms with Crippen LogP contribution in [0.5, 0.6) is 5.75 Å². The van der Waals surface area contributed by atoms with E-state index in [4.69, 9.17) is 19.0 Å². The number of amides is 1. The van der Waals surface area contributed by atoms with E-state index in [0.717, 1.165) is 12.1 Å². The topological polar surface area (TPSA) is 138 Å². The average Bonchev–Trinajstić information content (AvgIpc) is 3.03. The van der Waals surface area contributed by atoms with Crippen LogP contribution in [-0.4, -0.2) is 34.0 Å². The van der Waals surface area contributed by atoms with E-state index in [0.29, 0.717) is 11.4 Å². The minimum absolute atomic E-state index is 0.378. The summed E-state index contributed by atoms with van der Waals surface area (Å²) >= 11 is 0. The van der Waals surface area contributed by atoms with Gasteiger partial charge in [-0.1, -0.05) is 0 Å². The van der Waals surface area contributed by atoms with Crippen LogP contribution in [0.1, 0.15) is 10.6 Å². The zero-order valence-electron chi connectivity index (χ0n) is 12.5. The van der Waals surface area contributed by atoms with Crippen LogP contribution in [0, 0.1) is 0 Å². The number of furan rings is 1. The molecule has 1 aromatic heterocycles. The molecule has 0 unspecified atom stereocenters. The van der Waals surface area contributed by atoms with Crippen LogP contribution in [0.2, 0.25) is 0 Å². The van der Waals surface area contributed by atoms with E-state index in [-0.39, 0.29) is 5.76 Å². The zero-order valence-corrected chi connectivity index (χ0v) is 13.3. The Kier molecular flexibility index (Phi) is 5.21. The highest BCUT2D eigenvalue weighted by Gasteiger charge is 2.19. The van der Waals surface area contributed by atoms with Crippen molar-refractivity contribution in [3.05, 3.63) is 42.2 Å². The van der Waals surface area contributed by atoms with Crippen molar-refractivity contribution in [1.82, 2.24) is 0 Å². The van der Waals surface area contributed by atoms with Gasteiger partial charge < -0.3 is 19.2 Å². The van der Waals surface area contributed by atoms with E-state index in [1.165, 1.54) is 7.11 Å². The number of sulfonamides is 1. The first-order valence-electron chi connectivity index (χ1n) is 6.53. The number of anilines is 1. The Labute approximate surface area is 137 Å². The molecule has 0 radical (unpaired) electrons. The largest absolute Gasteiger partial charge is 0.497 e. The van der Waals surface area contributed by atoms with Crippen LogP contribution >= 0.6 is 0 Å². The number of carbonyl (C=O) groups excluding carboxylic acids is 2. The monoisotopic (exact) mass is 354 g/mol. The fraction of sp³-hybridized carbons (Fsp3) is 0.143. The maximum Gasteiger partial charge on any atom is 0.374 e. The summed E-state index contributed by atoms with van der Waals surface area (Å²) in [6, 6.07) is 8.64. The molecular weight excluding hydrogens is 340 g/mol.